The van der Waals surface area contributed by atoms with Crippen molar-refractivity contribution in [3.63, 3.8) is 0 Å². The van der Waals surface area contributed by atoms with Gasteiger partial charge in [0.25, 0.3) is 0 Å². The standard InChI is InChI=1S/C17H22.C2H6/c1-4-9-16(13-8-10-15(2)3)14-17-11-6-5-7-12-17;1-2/h4-9,11-13,15H,1,10,14H2,2-3H3;1-2H3/b13-8-,16-9+;. The summed E-state index contributed by atoms with van der Waals surface area (Å²) in [7, 11) is 0. The highest BCUT2D eigenvalue weighted by Crippen LogP contribution is 2.11. The summed E-state index contributed by atoms with van der Waals surface area (Å²) in [5, 5.41) is 0. The van der Waals surface area contributed by atoms with Crippen LogP contribution >= 0.6 is 0 Å². The van der Waals surface area contributed by atoms with E-state index in [2.05, 4.69) is 69.0 Å². The van der Waals surface area contributed by atoms with Crippen LogP contribution in [0.3, 0.4) is 0 Å². The van der Waals surface area contributed by atoms with Crippen LogP contribution in [0, 0.1) is 5.92 Å². The van der Waals surface area contributed by atoms with Gasteiger partial charge in [-0.15, -0.1) is 0 Å². The van der Waals surface area contributed by atoms with E-state index in [1.165, 1.54) is 11.1 Å². The minimum absolute atomic E-state index is 0.716. The van der Waals surface area contributed by atoms with Gasteiger partial charge in [-0.25, -0.2) is 0 Å². The third kappa shape index (κ3) is 9.07. The Morgan fingerprint density at radius 1 is 1.16 bits per heavy atom. The molecule has 0 aliphatic rings. The molecule has 0 bridgehead atoms. The molecule has 0 radical (unpaired) electrons. The van der Waals surface area contributed by atoms with Gasteiger partial charge in [0.2, 0.25) is 0 Å². The summed E-state index contributed by atoms with van der Waals surface area (Å²) in [6, 6.07) is 10.5. The fourth-order valence-electron chi connectivity index (χ4n) is 1.65. The van der Waals surface area contributed by atoms with E-state index in [1.807, 2.05) is 19.9 Å². The summed E-state index contributed by atoms with van der Waals surface area (Å²) < 4.78 is 0. The average molecular weight is 256 g/mol. The maximum Gasteiger partial charge on any atom is -0.00259 e. The summed E-state index contributed by atoms with van der Waals surface area (Å²) in [6.45, 7) is 12.2. The second kappa shape index (κ2) is 11.5. The molecule has 0 fully saturated rings. The van der Waals surface area contributed by atoms with Crippen LogP contribution in [-0.2, 0) is 6.42 Å². The smallest absolute Gasteiger partial charge is 0.00259 e. The van der Waals surface area contributed by atoms with E-state index in [-0.39, 0.29) is 0 Å². The molecule has 0 heteroatoms. The van der Waals surface area contributed by atoms with E-state index in [0.29, 0.717) is 5.92 Å². The minimum Gasteiger partial charge on any atom is -0.0991 e. The summed E-state index contributed by atoms with van der Waals surface area (Å²) in [4.78, 5) is 0. The van der Waals surface area contributed by atoms with Gasteiger partial charge in [0.15, 0.2) is 0 Å². The van der Waals surface area contributed by atoms with Crippen LogP contribution in [0.1, 0.15) is 39.7 Å². The van der Waals surface area contributed by atoms with Crippen molar-refractivity contribution in [1.29, 1.82) is 0 Å². The molecule has 0 heterocycles. The summed E-state index contributed by atoms with van der Waals surface area (Å²) >= 11 is 0. The van der Waals surface area contributed by atoms with Crippen LogP contribution < -0.4 is 0 Å². The fraction of sp³-hybridized carbons (Fsp3) is 0.368. The molecule has 0 N–H and O–H groups in total. The quantitative estimate of drug-likeness (QED) is 0.550. The van der Waals surface area contributed by atoms with Crippen LogP contribution in [0.5, 0.6) is 0 Å². The highest BCUT2D eigenvalue weighted by Gasteiger charge is 1.95. The molecule has 0 unspecified atom stereocenters. The SMILES string of the molecule is C=C/C=C(\C=C/CC(C)C)Cc1ccccc1.CC. The number of hydrogen-bond acceptors (Lipinski definition) is 0. The van der Waals surface area contributed by atoms with Crippen molar-refractivity contribution in [2.75, 3.05) is 0 Å². The summed E-state index contributed by atoms with van der Waals surface area (Å²) in [5.41, 5.74) is 2.65. The Bertz CT molecular complexity index is 380. The molecule has 0 nitrogen and oxygen atoms in total. The third-order valence-electron chi connectivity index (χ3n) is 2.52. The maximum absolute atomic E-state index is 3.78. The Kier molecular flexibility index (Phi) is 10.6. The predicted molar refractivity (Wildman–Crippen MR) is 88.4 cm³/mol. The van der Waals surface area contributed by atoms with Crippen LogP contribution in [0.4, 0.5) is 0 Å². The number of allylic oxidation sites excluding steroid dienone is 5. The average Bonchev–Trinajstić information content (AvgIpc) is 2.42. The highest BCUT2D eigenvalue weighted by molar-refractivity contribution is 5.30. The van der Waals surface area contributed by atoms with E-state index in [0.717, 1.165) is 12.8 Å². The second-order valence-electron chi connectivity index (χ2n) is 4.67. The molecule has 0 aliphatic heterocycles. The van der Waals surface area contributed by atoms with E-state index >= 15 is 0 Å². The van der Waals surface area contributed by atoms with Crippen molar-refractivity contribution in [2.24, 2.45) is 5.92 Å². The highest BCUT2D eigenvalue weighted by atomic mass is 14.0. The van der Waals surface area contributed by atoms with E-state index in [9.17, 15) is 0 Å². The molecule has 0 amide bonds. The zero-order chi connectivity index (χ0) is 14.5. The molecule has 0 aliphatic carbocycles. The molecule has 1 rings (SSSR count). The van der Waals surface area contributed by atoms with E-state index in [1.54, 1.807) is 0 Å². The molecule has 0 spiro atoms. The van der Waals surface area contributed by atoms with Crippen molar-refractivity contribution in [3.05, 3.63) is 72.4 Å². The van der Waals surface area contributed by atoms with Crippen LogP contribution in [-0.4, -0.2) is 0 Å². The maximum atomic E-state index is 3.78. The number of rotatable bonds is 6. The zero-order valence-electron chi connectivity index (χ0n) is 12.9. The Morgan fingerprint density at radius 2 is 1.79 bits per heavy atom. The lowest BCUT2D eigenvalue weighted by Gasteiger charge is -2.03. The van der Waals surface area contributed by atoms with Gasteiger partial charge >= 0.3 is 0 Å². The van der Waals surface area contributed by atoms with Gasteiger partial charge in [0.05, 0.1) is 0 Å². The van der Waals surface area contributed by atoms with Gasteiger partial charge in [-0.3, -0.25) is 0 Å². The van der Waals surface area contributed by atoms with Gasteiger partial charge in [-0.2, -0.15) is 0 Å². The van der Waals surface area contributed by atoms with Gasteiger partial charge in [-0.05, 0) is 29.9 Å². The Hall–Kier alpha value is -1.56. The normalized spacial score (nSPS) is 11.3. The molecule has 0 atom stereocenters. The van der Waals surface area contributed by atoms with Crippen LogP contribution in [0.2, 0.25) is 0 Å². The van der Waals surface area contributed by atoms with Crippen molar-refractivity contribution in [3.8, 4) is 0 Å². The number of hydrogen-bond donors (Lipinski definition) is 0. The fourth-order valence-corrected chi connectivity index (χ4v) is 1.65. The van der Waals surface area contributed by atoms with Crippen molar-refractivity contribution in [1.82, 2.24) is 0 Å². The summed E-state index contributed by atoms with van der Waals surface area (Å²) in [5.74, 6) is 0.716. The zero-order valence-corrected chi connectivity index (χ0v) is 12.9. The van der Waals surface area contributed by atoms with Gasteiger partial charge in [0, 0.05) is 0 Å². The molecule has 1 aromatic rings. The first-order valence-corrected chi connectivity index (χ1v) is 7.24. The van der Waals surface area contributed by atoms with Crippen molar-refractivity contribution < 1.29 is 0 Å². The first kappa shape index (κ1) is 17.4. The Morgan fingerprint density at radius 3 is 2.32 bits per heavy atom. The molecule has 0 saturated heterocycles. The van der Waals surface area contributed by atoms with Crippen molar-refractivity contribution in [2.45, 2.75) is 40.5 Å². The van der Waals surface area contributed by atoms with Crippen LogP contribution in [0.15, 0.2) is 66.8 Å². The largest absolute Gasteiger partial charge is 0.0991 e. The Balaban J connectivity index is 0.00000154. The summed E-state index contributed by atoms with van der Waals surface area (Å²) in [6.07, 6.45) is 10.5. The van der Waals surface area contributed by atoms with Crippen LogP contribution in [0.25, 0.3) is 0 Å². The van der Waals surface area contributed by atoms with E-state index < -0.39 is 0 Å². The number of benzene rings is 1. The molecule has 1 aromatic carbocycles. The third-order valence-corrected chi connectivity index (χ3v) is 2.52. The molecule has 0 saturated carbocycles. The van der Waals surface area contributed by atoms with Crippen molar-refractivity contribution >= 4 is 0 Å². The minimum atomic E-state index is 0.716. The predicted octanol–water partition coefficient (Wildman–Crippen LogP) is 5.97. The molecule has 19 heavy (non-hydrogen) atoms. The lowest BCUT2D eigenvalue weighted by atomic mass is 10.0. The lowest BCUT2D eigenvalue weighted by Crippen LogP contribution is -1.88. The molecule has 0 aromatic heterocycles. The molecular formula is C19H28. The first-order chi connectivity index (χ1) is 9.22. The lowest BCUT2D eigenvalue weighted by molar-refractivity contribution is 0.663. The van der Waals surface area contributed by atoms with Gasteiger partial charge in [-0.1, -0.05) is 88.9 Å². The van der Waals surface area contributed by atoms with Gasteiger partial charge < -0.3 is 0 Å². The molecule has 104 valence electrons. The van der Waals surface area contributed by atoms with Gasteiger partial charge in [0.1, 0.15) is 0 Å². The Labute approximate surface area is 119 Å². The first-order valence-electron chi connectivity index (χ1n) is 7.24. The molecular weight excluding hydrogens is 228 g/mol. The van der Waals surface area contributed by atoms with E-state index in [4.69, 9.17) is 0 Å². The second-order valence-corrected chi connectivity index (χ2v) is 4.67. The monoisotopic (exact) mass is 256 g/mol. The topological polar surface area (TPSA) is 0 Å².